The highest BCUT2D eigenvalue weighted by molar-refractivity contribution is 5.20. The van der Waals surface area contributed by atoms with Crippen LogP contribution in [0.2, 0.25) is 0 Å². The van der Waals surface area contributed by atoms with Gasteiger partial charge in [0.1, 0.15) is 0 Å². The van der Waals surface area contributed by atoms with Crippen molar-refractivity contribution in [3.8, 4) is 0 Å². The summed E-state index contributed by atoms with van der Waals surface area (Å²) >= 11 is 0. The van der Waals surface area contributed by atoms with E-state index in [9.17, 15) is 0 Å². The van der Waals surface area contributed by atoms with Gasteiger partial charge in [-0.2, -0.15) is 9.59 Å². The van der Waals surface area contributed by atoms with Gasteiger partial charge in [-0.15, -0.1) is 0 Å². The van der Waals surface area contributed by atoms with Gasteiger partial charge in [-0.05, 0) is 38.3 Å². The molecule has 2 aliphatic rings. The van der Waals surface area contributed by atoms with Crippen LogP contribution in [0.5, 0.6) is 0 Å². The fraction of sp³-hybridized carbons (Fsp3) is 0.889. The molecule has 74 valence electrons. The minimum atomic E-state index is 0.250. The molecule has 0 aromatic heterocycles. The summed E-state index contributed by atoms with van der Waals surface area (Å²) in [7, 11) is 0. The van der Waals surface area contributed by atoms with E-state index in [1.807, 2.05) is 0 Å². The molecule has 2 saturated heterocycles. The average molecular weight is 184 g/mol. The Labute approximate surface area is 78.1 Å². The fourth-order valence-corrected chi connectivity index (χ4v) is 2.21. The molecule has 2 aliphatic heterocycles. The monoisotopic (exact) mass is 184 g/mol. The van der Waals surface area contributed by atoms with Crippen LogP contribution in [0.3, 0.4) is 0 Å². The van der Waals surface area contributed by atoms with Crippen molar-refractivity contribution in [1.82, 2.24) is 4.90 Å². The number of fused-ring (bicyclic) bond motifs is 2. The Morgan fingerprint density at radius 2 is 1.92 bits per heavy atom. The Balaban J connectivity index is 0.000000251. The van der Waals surface area contributed by atoms with Crippen molar-refractivity contribution in [2.24, 2.45) is 11.7 Å². The van der Waals surface area contributed by atoms with Crippen molar-refractivity contribution in [1.29, 1.82) is 0 Å². The van der Waals surface area contributed by atoms with E-state index in [1.54, 1.807) is 0 Å². The second-order valence-corrected chi connectivity index (χ2v) is 3.74. The molecule has 2 rings (SSSR count). The van der Waals surface area contributed by atoms with Gasteiger partial charge >= 0.3 is 6.15 Å². The molecule has 2 fully saturated rings. The zero-order valence-corrected chi connectivity index (χ0v) is 7.74. The maximum atomic E-state index is 8.12. The Morgan fingerprint density at radius 1 is 1.23 bits per heavy atom. The molecule has 3 unspecified atom stereocenters. The van der Waals surface area contributed by atoms with Crippen LogP contribution in [0.4, 0.5) is 0 Å². The molecule has 0 aromatic carbocycles. The first kappa shape index (κ1) is 10.4. The van der Waals surface area contributed by atoms with Crippen molar-refractivity contribution >= 4 is 6.15 Å². The summed E-state index contributed by atoms with van der Waals surface area (Å²) in [6.07, 6.45) is 4.22. The summed E-state index contributed by atoms with van der Waals surface area (Å²) in [5.41, 5.74) is 5.96. The van der Waals surface area contributed by atoms with E-state index in [0.29, 0.717) is 6.04 Å². The second-order valence-electron chi connectivity index (χ2n) is 3.74. The standard InChI is InChI=1S/C8H16N2.CO2/c9-8-3-5-10-4-1-2-7(8)6-10;2-1-3/h7-8H,1-6,9H2;. The molecule has 2 N–H and O–H groups in total. The van der Waals surface area contributed by atoms with Gasteiger partial charge < -0.3 is 10.6 Å². The lowest BCUT2D eigenvalue weighted by Gasteiger charge is -2.41. The lowest BCUT2D eigenvalue weighted by atomic mass is 9.86. The van der Waals surface area contributed by atoms with E-state index >= 15 is 0 Å². The molecule has 2 heterocycles. The zero-order chi connectivity index (χ0) is 9.68. The summed E-state index contributed by atoms with van der Waals surface area (Å²) in [5, 5.41) is 0. The van der Waals surface area contributed by atoms with Crippen LogP contribution in [0.1, 0.15) is 19.3 Å². The molecule has 0 amide bonds. The number of nitrogens with zero attached hydrogens (tertiary/aromatic N) is 1. The number of piperidine rings is 2. The Bertz CT molecular complexity index is 188. The zero-order valence-electron chi connectivity index (χ0n) is 7.74. The summed E-state index contributed by atoms with van der Waals surface area (Å²) in [5.74, 6) is 0.822. The highest BCUT2D eigenvalue weighted by atomic mass is 16.2. The molecule has 3 atom stereocenters. The quantitative estimate of drug-likeness (QED) is 0.568. The minimum absolute atomic E-state index is 0.250. The fourth-order valence-electron chi connectivity index (χ4n) is 2.21. The minimum Gasteiger partial charge on any atom is -0.327 e. The van der Waals surface area contributed by atoms with Crippen molar-refractivity contribution in [2.45, 2.75) is 25.3 Å². The van der Waals surface area contributed by atoms with Crippen LogP contribution >= 0.6 is 0 Å². The van der Waals surface area contributed by atoms with Crippen LogP contribution in [-0.2, 0) is 9.59 Å². The topological polar surface area (TPSA) is 63.4 Å². The predicted octanol–water partition coefficient (Wildman–Crippen LogP) is -0.154. The first-order chi connectivity index (χ1) is 6.27. The van der Waals surface area contributed by atoms with Gasteiger partial charge in [0.2, 0.25) is 0 Å². The SMILES string of the molecule is NC1CCN2CCCC1C2.O=C=O. The molecule has 0 saturated carbocycles. The summed E-state index contributed by atoms with van der Waals surface area (Å²) in [6.45, 7) is 3.85. The van der Waals surface area contributed by atoms with Gasteiger partial charge in [-0.1, -0.05) is 0 Å². The lowest BCUT2D eigenvalue weighted by Crippen LogP contribution is -2.50. The summed E-state index contributed by atoms with van der Waals surface area (Å²) < 4.78 is 0. The van der Waals surface area contributed by atoms with Gasteiger partial charge in [-0.25, -0.2) is 0 Å². The van der Waals surface area contributed by atoms with Crippen LogP contribution < -0.4 is 5.73 Å². The molecule has 0 aromatic rings. The summed E-state index contributed by atoms with van der Waals surface area (Å²) in [4.78, 5) is 18.8. The highest BCUT2D eigenvalue weighted by Crippen LogP contribution is 2.24. The molecule has 4 heteroatoms. The van der Waals surface area contributed by atoms with Gasteiger partial charge in [0.05, 0.1) is 0 Å². The average Bonchev–Trinajstić information content (AvgIpc) is 2.14. The molecular formula is C9H16N2O2. The summed E-state index contributed by atoms with van der Waals surface area (Å²) in [6, 6.07) is 0.511. The predicted molar refractivity (Wildman–Crippen MR) is 46.8 cm³/mol. The maximum Gasteiger partial charge on any atom is 0.373 e. The van der Waals surface area contributed by atoms with E-state index in [0.717, 1.165) is 5.92 Å². The van der Waals surface area contributed by atoms with Gasteiger partial charge in [0.25, 0.3) is 0 Å². The van der Waals surface area contributed by atoms with Crippen LogP contribution in [0.15, 0.2) is 0 Å². The van der Waals surface area contributed by atoms with Crippen molar-refractivity contribution < 1.29 is 9.59 Å². The van der Waals surface area contributed by atoms with Crippen LogP contribution in [0, 0.1) is 5.92 Å². The third-order valence-electron chi connectivity index (χ3n) is 2.93. The molecule has 0 spiro atoms. The third-order valence-corrected chi connectivity index (χ3v) is 2.93. The Hall–Kier alpha value is -0.700. The van der Waals surface area contributed by atoms with E-state index in [2.05, 4.69) is 4.90 Å². The molecule has 4 nitrogen and oxygen atoms in total. The molecule has 2 bridgehead atoms. The van der Waals surface area contributed by atoms with E-state index in [-0.39, 0.29) is 6.15 Å². The van der Waals surface area contributed by atoms with E-state index in [4.69, 9.17) is 15.3 Å². The number of hydrogen-bond acceptors (Lipinski definition) is 4. The first-order valence-electron chi connectivity index (χ1n) is 4.75. The Kier molecular flexibility index (Phi) is 4.09. The first-order valence-corrected chi connectivity index (χ1v) is 4.75. The Morgan fingerprint density at radius 3 is 2.54 bits per heavy atom. The van der Waals surface area contributed by atoms with Gasteiger partial charge in [0.15, 0.2) is 0 Å². The largest absolute Gasteiger partial charge is 0.373 e. The number of rotatable bonds is 0. The van der Waals surface area contributed by atoms with Crippen molar-refractivity contribution in [2.75, 3.05) is 19.6 Å². The van der Waals surface area contributed by atoms with Gasteiger partial charge in [0, 0.05) is 12.6 Å². The van der Waals surface area contributed by atoms with Crippen LogP contribution in [0.25, 0.3) is 0 Å². The number of nitrogens with two attached hydrogens (primary N) is 1. The molecule has 0 radical (unpaired) electrons. The maximum absolute atomic E-state index is 8.12. The molecule has 13 heavy (non-hydrogen) atoms. The van der Waals surface area contributed by atoms with Crippen LogP contribution in [-0.4, -0.2) is 36.7 Å². The van der Waals surface area contributed by atoms with Gasteiger partial charge in [-0.3, -0.25) is 0 Å². The number of hydrogen-bond donors (Lipinski definition) is 1. The lowest BCUT2D eigenvalue weighted by molar-refractivity contribution is -0.191. The number of carbonyl (C=O) groups excluding carboxylic acids is 2. The third kappa shape index (κ3) is 2.92. The molecule has 0 aliphatic carbocycles. The van der Waals surface area contributed by atoms with E-state index in [1.165, 1.54) is 38.9 Å². The van der Waals surface area contributed by atoms with E-state index < -0.39 is 0 Å². The van der Waals surface area contributed by atoms with Crippen molar-refractivity contribution in [3.05, 3.63) is 0 Å². The molecular weight excluding hydrogens is 168 g/mol. The second kappa shape index (κ2) is 5.12. The van der Waals surface area contributed by atoms with Crippen molar-refractivity contribution in [3.63, 3.8) is 0 Å². The smallest absolute Gasteiger partial charge is 0.327 e. The highest BCUT2D eigenvalue weighted by Gasteiger charge is 2.29. The normalized spacial score (nSPS) is 36.8.